The fourth-order valence-electron chi connectivity index (χ4n) is 6.42. The summed E-state index contributed by atoms with van der Waals surface area (Å²) in [5.41, 5.74) is 3.31. The van der Waals surface area contributed by atoms with Gasteiger partial charge in [-0.15, -0.1) is 5.10 Å². The smallest absolute Gasteiger partial charge is 0.315 e. The summed E-state index contributed by atoms with van der Waals surface area (Å²) in [4.78, 5) is 25.6. The highest BCUT2D eigenvalue weighted by Crippen LogP contribution is 2.67. The number of carbonyl (C=O) groups is 2. The number of carbonyl (C=O) groups excluding carboxylic acids is 2. The molecule has 1 aromatic heterocycles. The average molecular weight is 614 g/mol. The molecule has 0 unspecified atom stereocenters. The van der Waals surface area contributed by atoms with Gasteiger partial charge in [0, 0.05) is 15.7 Å². The van der Waals surface area contributed by atoms with E-state index in [4.69, 9.17) is 9.47 Å². The van der Waals surface area contributed by atoms with Crippen LogP contribution in [0.1, 0.15) is 55.9 Å². The summed E-state index contributed by atoms with van der Waals surface area (Å²) in [7, 11) is 0. The number of aromatic nitrogens is 3. The quantitative estimate of drug-likeness (QED) is 0.321. The molecule has 1 amide bonds. The summed E-state index contributed by atoms with van der Waals surface area (Å²) in [6.45, 7) is 12.3. The minimum absolute atomic E-state index is 0.196. The molecule has 3 heterocycles. The molecule has 6 rings (SSSR count). The van der Waals surface area contributed by atoms with Crippen molar-refractivity contribution in [3.05, 3.63) is 63.0 Å². The summed E-state index contributed by atoms with van der Waals surface area (Å²) < 4.78 is 29.2. The van der Waals surface area contributed by atoms with Crippen molar-refractivity contribution in [3.63, 3.8) is 0 Å². The molecule has 1 saturated carbocycles. The Bertz CT molecular complexity index is 1510. The maximum Gasteiger partial charge on any atom is 0.315 e. The first-order valence-electron chi connectivity index (χ1n) is 13.4. The standard InChI is InChI=1S/C30H34BrFN4O4/c1-7-39-27(38)30-14-29(15-30,40-28(30,5)6)16-36-13-24(34-35-36)22-11-20(8-9-23(22)32)33-25(37)12-21-17(2)10-18(3)26(31)19(21)4/h8-11,13H,7,12,14-16H2,1-6H3,(H,33,37). The van der Waals surface area contributed by atoms with Crippen molar-refractivity contribution in [2.75, 3.05) is 11.9 Å². The van der Waals surface area contributed by atoms with Gasteiger partial charge < -0.3 is 14.8 Å². The van der Waals surface area contributed by atoms with Crippen LogP contribution in [-0.2, 0) is 32.0 Å². The normalized spacial score (nSPS) is 22.6. The van der Waals surface area contributed by atoms with Crippen molar-refractivity contribution in [2.45, 2.75) is 78.6 Å². The van der Waals surface area contributed by atoms with Gasteiger partial charge in [0.15, 0.2) is 0 Å². The fourth-order valence-corrected chi connectivity index (χ4v) is 6.77. The van der Waals surface area contributed by atoms with Crippen LogP contribution in [0.2, 0.25) is 0 Å². The number of amides is 1. The van der Waals surface area contributed by atoms with Gasteiger partial charge in [-0.2, -0.15) is 0 Å². The lowest BCUT2D eigenvalue weighted by molar-refractivity contribution is -0.164. The van der Waals surface area contributed by atoms with E-state index in [1.807, 2.05) is 34.6 Å². The Morgan fingerprint density at radius 2 is 1.90 bits per heavy atom. The van der Waals surface area contributed by atoms with Gasteiger partial charge in [-0.05, 0) is 94.8 Å². The maximum absolute atomic E-state index is 14.9. The van der Waals surface area contributed by atoms with E-state index in [0.717, 1.165) is 26.7 Å². The number of nitrogens with zero attached hydrogens (tertiary/aromatic N) is 3. The lowest BCUT2D eigenvalue weighted by atomic mass is 9.56. The zero-order valence-corrected chi connectivity index (χ0v) is 25.2. The third kappa shape index (κ3) is 4.75. The van der Waals surface area contributed by atoms with Crippen LogP contribution in [0.25, 0.3) is 11.3 Å². The molecule has 40 heavy (non-hydrogen) atoms. The Morgan fingerprint density at radius 1 is 1.18 bits per heavy atom. The van der Waals surface area contributed by atoms with E-state index in [-0.39, 0.29) is 23.9 Å². The van der Waals surface area contributed by atoms with Crippen molar-refractivity contribution in [2.24, 2.45) is 5.41 Å². The molecule has 3 fully saturated rings. The van der Waals surface area contributed by atoms with Gasteiger partial charge in [-0.25, -0.2) is 9.07 Å². The van der Waals surface area contributed by atoms with E-state index in [0.29, 0.717) is 37.4 Å². The first-order valence-corrected chi connectivity index (χ1v) is 14.2. The molecule has 0 spiro atoms. The zero-order valence-electron chi connectivity index (χ0n) is 23.7. The van der Waals surface area contributed by atoms with Crippen LogP contribution in [0.15, 0.2) is 34.9 Å². The Kier molecular flexibility index (Phi) is 7.15. The first-order chi connectivity index (χ1) is 18.8. The Labute approximate surface area is 241 Å². The topological polar surface area (TPSA) is 95.3 Å². The summed E-state index contributed by atoms with van der Waals surface area (Å²) in [5, 5.41) is 11.3. The molecule has 2 aliphatic heterocycles. The van der Waals surface area contributed by atoms with E-state index >= 15 is 0 Å². The second-order valence-corrected chi connectivity index (χ2v) is 12.4. The molecule has 0 radical (unpaired) electrons. The number of ether oxygens (including phenoxy) is 2. The number of aryl methyl sites for hydroxylation is 2. The highest BCUT2D eigenvalue weighted by molar-refractivity contribution is 9.10. The Hall–Kier alpha value is -3.11. The van der Waals surface area contributed by atoms with Gasteiger partial charge in [-0.3, -0.25) is 9.59 Å². The summed E-state index contributed by atoms with van der Waals surface area (Å²) in [5.74, 6) is -0.896. The van der Waals surface area contributed by atoms with Crippen LogP contribution in [-0.4, -0.2) is 44.7 Å². The predicted octanol–water partition coefficient (Wildman–Crippen LogP) is 5.84. The van der Waals surface area contributed by atoms with Crippen LogP contribution in [0.4, 0.5) is 10.1 Å². The molecule has 2 aromatic carbocycles. The molecule has 10 heteroatoms. The number of benzene rings is 2. The number of hydrogen-bond donors (Lipinski definition) is 1. The molecule has 1 aliphatic carbocycles. The molecule has 2 saturated heterocycles. The van der Waals surface area contributed by atoms with Gasteiger partial charge >= 0.3 is 5.97 Å². The molecule has 212 valence electrons. The van der Waals surface area contributed by atoms with E-state index < -0.39 is 22.4 Å². The molecular weight excluding hydrogens is 579 g/mol. The van der Waals surface area contributed by atoms with Gasteiger partial charge in [0.1, 0.15) is 16.9 Å². The minimum Gasteiger partial charge on any atom is -0.465 e. The lowest BCUT2D eigenvalue weighted by Crippen LogP contribution is -2.54. The second kappa shape index (κ2) is 10.1. The number of nitrogens with one attached hydrogen (secondary N) is 1. The highest BCUT2D eigenvalue weighted by atomic mass is 79.9. The molecule has 2 bridgehead atoms. The minimum atomic E-state index is -0.670. The number of halogens is 2. The molecule has 3 aromatic rings. The number of fused-ring (bicyclic) bond motifs is 1. The maximum atomic E-state index is 14.9. The summed E-state index contributed by atoms with van der Waals surface area (Å²) in [6, 6.07) is 6.46. The number of anilines is 1. The van der Waals surface area contributed by atoms with E-state index in [1.165, 1.54) is 12.1 Å². The summed E-state index contributed by atoms with van der Waals surface area (Å²) in [6.07, 6.45) is 2.93. The van der Waals surface area contributed by atoms with Crippen LogP contribution in [0.5, 0.6) is 0 Å². The van der Waals surface area contributed by atoms with Crippen LogP contribution in [0, 0.1) is 32.0 Å². The highest BCUT2D eigenvalue weighted by Gasteiger charge is 2.75. The Morgan fingerprint density at radius 3 is 2.60 bits per heavy atom. The van der Waals surface area contributed by atoms with Gasteiger partial charge in [0.25, 0.3) is 0 Å². The predicted molar refractivity (Wildman–Crippen MR) is 152 cm³/mol. The zero-order chi connectivity index (χ0) is 29.0. The van der Waals surface area contributed by atoms with Crippen molar-refractivity contribution < 1.29 is 23.5 Å². The molecule has 8 nitrogen and oxygen atoms in total. The van der Waals surface area contributed by atoms with Gasteiger partial charge in [0.2, 0.25) is 5.91 Å². The third-order valence-corrected chi connectivity index (χ3v) is 9.65. The fraction of sp³-hybridized carbons (Fsp3) is 0.467. The second-order valence-electron chi connectivity index (χ2n) is 11.6. The number of hydrogen-bond acceptors (Lipinski definition) is 6. The third-order valence-electron chi connectivity index (χ3n) is 8.43. The lowest BCUT2D eigenvalue weighted by Gasteiger charge is -2.44. The number of rotatable bonds is 8. The van der Waals surface area contributed by atoms with Crippen molar-refractivity contribution >= 4 is 33.5 Å². The largest absolute Gasteiger partial charge is 0.465 e. The monoisotopic (exact) mass is 612 g/mol. The average Bonchev–Trinajstić information content (AvgIpc) is 3.48. The van der Waals surface area contributed by atoms with Gasteiger partial charge in [0.05, 0.1) is 37.0 Å². The first kappa shape index (κ1) is 28.4. The van der Waals surface area contributed by atoms with E-state index in [2.05, 4.69) is 37.6 Å². The summed E-state index contributed by atoms with van der Waals surface area (Å²) >= 11 is 3.60. The van der Waals surface area contributed by atoms with Crippen LogP contribution >= 0.6 is 15.9 Å². The molecule has 1 N–H and O–H groups in total. The SMILES string of the molecule is CCOC(=O)C12CC(Cn3cc(-c4cc(NC(=O)Cc5c(C)cc(C)c(Br)c5C)ccc4F)nn3)(C1)OC2(C)C. The van der Waals surface area contributed by atoms with Crippen LogP contribution in [0.3, 0.4) is 0 Å². The van der Waals surface area contributed by atoms with Gasteiger partial charge in [-0.1, -0.05) is 27.2 Å². The van der Waals surface area contributed by atoms with Crippen molar-refractivity contribution in [1.29, 1.82) is 0 Å². The number of esters is 1. The Balaban J connectivity index is 1.30. The molecule has 3 aliphatic rings. The van der Waals surface area contributed by atoms with E-state index in [1.54, 1.807) is 23.9 Å². The molecular formula is C30H34BrFN4O4. The molecule has 0 atom stereocenters. The van der Waals surface area contributed by atoms with E-state index in [9.17, 15) is 14.0 Å². The van der Waals surface area contributed by atoms with Crippen molar-refractivity contribution in [1.82, 2.24) is 15.0 Å². The van der Waals surface area contributed by atoms with Crippen LogP contribution < -0.4 is 5.32 Å². The van der Waals surface area contributed by atoms with Crippen molar-refractivity contribution in [3.8, 4) is 11.3 Å².